The minimum absolute atomic E-state index is 0.624. The van der Waals surface area contributed by atoms with Crippen LogP contribution in [0.4, 0.5) is 0 Å². The van der Waals surface area contributed by atoms with E-state index in [1.807, 2.05) is 16.8 Å². The molecule has 3 aromatic rings. The van der Waals surface area contributed by atoms with Crippen LogP contribution < -0.4 is 0 Å². The molecule has 5 heteroatoms. The predicted molar refractivity (Wildman–Crippen MR) is 67.1 cm³/mol. The second kappa shape index (κ2) is 4.00. The number of nitrogens with zero attached hydrogens (tertiary/aromatic N) is 3. The van der Waals surface area contributed by atoms with E-state index in [-0.39, 0.29) is 0 Å². The van der Waals surface area contributed by atoms with Crippen LogP contribution in [-0.2, 0) is 6.42 Å². The van der Waals surface area contributed by atoms with Gasteiger partial charge in [-0.15, -0.1) is 0 Å². The van der Waals surface area contributed by atoms with Crippen LogP contribution in [0.5, 0.6) is 0 Å². The molecule has 0 radical (unpaired) electrons. The van der Waals surface area contributed by atoms with Crippen molar-refractivity contribution in [3.8, 4) is 11.3 Å². The molecule has 0 saturated heterocycles. The molecular formula is C12H13N3OS. The van der Waals surface area contributed by atoms with Crippen LogP contribution >= 0.6 is 11.3 Å². The topological polar surface area (TPSA) is 43.3 Å². The maximum atomic E-state index is 5.05. The molecule has 4 nitrogen and oxygen atoms in total. The fourth-order valence-electron chi connectivity index (χ4n) is 1.72. The number of hydrogen-bond acceptors (Lipinski definition) is 4. The van der Waals surface area contributed by atoms with Crippen molar-refractivity contribution in [2.75, 3.05) is 0 Å². The molecule has 0 saturated carbocycles. The molecule has 88 valence electrons. The van der Waals surface area contributed by atoms with Crippen molar-refractivity contribution in [2.45, 2.75) is 20.3 Å². The molecule has 0 spiro atoms. The van der Waals surface area contributed by atoms with Crippen LogP contribution in [0.1, 0.15) is 18.9 Å². The lowest BCUT2D eigenvalue weighted by molar-refractivity contribution is 0.568. The standard InChI is InChI=1S/C12H13N3OS/c1-8(2)5-11-14-15-6-10(13-12(15)17-11)9-3-4-16-7-9/h3-4,6-8H,5H2,1-2H3. The lowest BCUT2D eigenvalue weighted by Crippen LogP contribution is -1.94. The summed E-state index contributed by atoms with van der Waals surface area (Å²) in [5.41, 5.74) is 1.90. The number of imidazole rings is 1. The van der Waals surface area contributed by atoms with E-state index in [0.29, 0.717) is 5.92 Å². The first-order valence-electron chi connectivity index (χ1n) is 5.60. The van der Waals surface area contributed by atoms with E-state index in [1.54, 1.807) is 23.9 Å². The van der Waals surface area contributed by atoms with Crippen LogP contribution in [0.25, 0.3) is 16.2 Å². The SMILES string of the molecule is CC(C)Cc1nn2cc(-c3ccoc3)nc2s1. The Kier molecular flexibility index (Phi) is 2.48. The number of hydrogen-bond donors (Lipinski definition) is 0. The molecule has 3 heterocycles. The summed E-state index contributed by atoms with van der Waals surface area (Å²) < 4.78 is 6.90. The molecule has 3 rings (SSSR count). The molecular weight excluding hydrogens is 234 g/mol. The van der Waals surface area contributed by atoms with Crippen molar-refractivity contribution in [3.63, 3.8) is 0 Å². The third kappa shape index (κ3) is 1.98. The van der Waals surface area contributed by atoms with Crippen LogP contribution in [0.15, 0.2) is 29.2 Å². The van der Waals surface area contributed by atoms with Gasteiger partial charge >= 0.3 is 0 Å². The lowest BCUT2D eigenvalue weighted by atomic mass is 10.1. The zero-order valence-corrected chi connectivity index (χ0v) is 10.6. The Hall–Kier alpha value is -1.62. The van der Waals surface area contributed by atoms with E-state index < -0.39 is 0 Å². The Morgan fingerprint density at radius 1 is 1.47 bits per heavy atom. The third-order valence-electron chi connectivity index (χ3n) is 2.48. The number of rotatable bonds is 3. The highest BCUT2D eigenvalue weighted by Gasteiger charge is 2.10. The van der Waals surface area contributed by atoms with E-state index in [4.69, 9.17) is 4.42 Å². The second-order valence-corrected chi connectivity index (χ2v) is 5.50. The lowest BCUT2D eigenvalue weighted by Gasteiger charge is -1.97. The summed E-state index contributed by atoms with van der Waals surface area (Å²) in [5, 5.41) is 5.67. The molecule has 0 aromatic carbocycles. The van der Waals surface area contributed by atoms with Gasteiger partial charge in [-0.25, -0.2) is 9.50 Å². The first-order chi connectivity index (χ1) is 8.22. The van der Waals surface area contributed by atoms with Gasteiger partial charge in [-0.05, 0) is 12.0 Å². The second-order valence-electron chi connectivity index (χ2n) is 4.46. The maximum Gasteiger partial charge on any atom is 0.212 e. The molecule has 17 heavy (non-hydrogen) atoms. The highest BCUT2D eigenvalue weighted by Crippen LogP contribution is 2.23. The molecule has 3 aromatic heterocycles. The van der Waals surface area contributed by atoms with Crippen molar-refractivity contribution < 1.29 is 4.42 Å². The van der Waals surface area contributed by atoms with Gasteiger partial charge in [0.15, 0.2) is 0 Å². The van der Waals surface area contributed by atoms with Crippen molar-refractivity contribution in [3.05, 3.63) is 29.8 Å². The highest BCUT2D eigenvalue weighted by molar-refractivity contribution is 7.16. The summed E-state index contributed by atoms with van der Waals surface area (Å²) in [4.78, 5) is 5.48. The normalized spacial score (nSPS) is 11.7. The van der Waals surface area contributed by atoms with Crippen molar-refractivity contribution in [1.29, 1.82) is 0 Å². The quantitative estimate of drug-likeness (QED) is 0.713. The minimum Gasteiger partial charge on any atom is -0.472 e. The first-order valence-corrected chi connectivity index (χ1v) is 6.41. The zero-order valence-electron chi connectivity index (χ0n) is 9.75. The van der Waals surface area contributed by atoms with E-state index in [1.165, 1.54) is 0 Å². The van der Waals surface area contributed by atoms with Gasteiger partial charge in [0.25, 0.3) is 0 Å². The molecule has 0 atom stereocenters. The molecule has 0 unspecified atom stereocenters. The van der Waals surface area contributed by atoms with Crippen LogP contribution in [0, 0.1) is 5.92 Å². The van der Waals surface area contributed by atoms with Gasteiger partial charge in [0, 0.05) is 12.0 Å². The smallest absolute Gasteiger partial charge is 0.212 e. The summed E-state index contributed by atoms with van der Waals surface area (Å²) in [6.45, 7) is 4.39. The minimum atomic E-state index is 0.624. The first kappa shape index (κ1) is 10.5. The summed E-state index contributed by atoms with van der Waals surface area (Å²) in [7, 11) is 0. The van der Waals surface area contributed by atoms with E-state index in [0.717, 1.165) is 27.6 Å². The van der Waals surface area contributed by atoms with Crippen LogP contribution in [0.3, 0.4) is 0 Å². The monoisotopic (exact) mass is 247 g/mol. The zero-order chi connectivity index (χ0) is 11.8. The molecule has 0 amide bonds. The van der Waals surface area contributed by atoms with Gasteiger partial charge in [0.05, 0.1) is 24.4 Å². The number of fused-ring (bicyclic) bond motifs is 1. The largest absolute Gasteiger partial charge is 0.472 e. The van der Waals surface area contributed by atoms with Crippen molar-refractivity contribution >= 4 is 16.3 Å². The predicted octanol–water partition coefficient (Wildman–Crippen LogP) is 3.25. The maximum absolute atomic E-state index is 5.05. The van der Waals surface area contributed by atoms with Gasteiger partial charge in [-0.1, -0.05) is 25.2 Å². The average molecular weight is 247 g/mol. The van der Waals surface area contributed by atoms with E-state index in [2.05, 4.69) is 23.9 Å². The Bertz CT molecular complexity index is 590. The summed E-state index contributed by atoms with van der Waals surface area (Å²) in [6.07, 6.45) is 6.30. The summed E-state index contributed by atoms with van der Waals surface area (Å²) >= 11 is 1.65. The van der Waals surface area contributed by atoms with Crippen LogP contribution in [0.2, 0.25) is 0 Å². The molecule has 0 N–H and O–H groups in total. The summed E-state index contributed by atoms with van der Waals surface area (Å²) in [6, 6.07) is 1.90. The Morgan fingerprint density at radius 3 is 3.00 bits per heavy atom. The molecule has 0 fully saturated rings. The van der Waals surface area contributed by atoms with Gasteiger partial charge < -0.3 is 4.42 Å². The van der Waals surface area contributed by atoms with E-state index >= 15 is 0 Å². The molecule has 0 aliphatic rings. The average Bonchev–Trinajstić information content (AvgIpc) is 2.86. The molecule has 0 aliphatic carbocycles. The molecule has 0 bridgehead atoms. The van der Waals surface area contributed by atoms with Crippen LogP contribution in [-0.4, -0.2) is 14.6 Å². The molecule has 0 aliphatic heterocycles. The Morgan fingerprint density at radius 2 is 2.35 bits per heavy atom. The number of furan rings is 1. The van der Waals surface area contributed by atoms with Gasteiger partial charge in [0.1, 0.15) is 5.01 Å². The van der Waals surface area contributed by atoms with Gasteiger partial charge in [0.2, 0.25) is 4.96 Å². The number of aromatic nitrogens is 3. The van der Waals surface area contributed by atoms with Crippen molar-refractivity contribution in [1.82, 2.24) is 14.6 Å². The fourth-order valence-corrected chi connectivity index (χ4v) is 2.81. The fraction of sp³-hybridized carbons (Fsp3) is 0.333. The Balaban J connectivity index is 1.96. The van der Waals surface area contributed by atoms with Gasteiger partial charge in [-0.2, -0.15) is 5.10 Å². The highest BCUT2D eigenvalue weighted by atomic mass is 32.1. The van der Waals surface area contributed by atoms with Gasteiger partial charge in [-0.3, -0.25) is 0 Å². The van der Waals surface area contributed by atoms with E-state index in [9.17, 15) is 0 Å². The third-order valence-corrected chi connectivity index (χ3v) is 3.43. The summed E-state index contributed by atoms with van der Waals surface area (Å²) in [5.74, 6) is 0.624. The van der Waals surface area contributed by atoms with Crippen molar-refractivity contribution in [2.24, 2.45) is 5.92 Å². The Labute approximate surface area is 103 Å².